The summed E-state index contributed by atoms with van der Waals surface area (Å²) in [6.45, 7) is 4.32. The van der Waals surface area contributed by atoms with E-state index in [0.29, 0.717) is 18.1 Å². The highest BCUT2D eigenvalue weighted by atomic mass is 16.5. The lowest BCUT2D eigenvalue weighted by molar-refractivity contribution is 0.0632. The summed E-state index contributed by atoms with van der Waals surface area (Å²) in [5.41, 5.74) is 1.42. The highest BCUT2D eigenvalue weighted by molar-refractivity contribution is 5.21. The van der Waals surface area contributed by atoms with Gasteiger partial charge < -0.3 is 4.74 Å². The Labute approximate surface area is 79.7 Å². The predicted molar refractivity (Wildman–Crippen MR) is 53.8 cm³/mol. The van der Waals surface area contributed by atoms with E-state index in [9.17, 15) is 0 Å². The molecule has 1 heterocycles. The van der Waals surface area contributed by atoms with Crippen molar-refractivity contribution in [3.8, 4) is 0 Å². The topological polar surface area (TPSA) is 9.23 Å². The highest BCUT2D eigenvalue weighted by Crippen LogP contribution is 2.34. The van der Waals surface area contributed by atoms with E-state index in [1.165, 1.54) is 5.56 Å². The first-order chi connectivity index (χ1) is 6.27. The maximum Gasteiger partial charge on any atom is 0.0620 e. The van der Waals surface area contributed by atoms with Crippen LogP contribution in [0.5, 0.6) is 0 Å². The van der Waals surface area contributed by atoms with E-state index in [0.717, 1.165) is 6.42 Å². The lowest BCUT2D eigenvalue weighted by atomic mass is 9.92. The van der Waals surface area contributed by atoms with Gasteiger partial charge in [0.1, 0.15) is 0 Å². The van der Waals surface area contributed by atoms with Gasteiger partial charge in [-0.1, -0.05) is 30.3 Å². The molecule has 1 aromatic rings. The quantitative estimate of drug-likeness (QED) is 0.639. The number of ether oxygens (including phenoxy) is 1. The van der Waals surface area contributed by atoms with Gasteiger partial charge in [-0.25, -0.2) is 0 Å². The molecule has 0 amide bonds. The van der Waals surface area contributed by atoms with E-state index in [-0.39, 0.29) is 0 Å². The average Bonchev–Trinajstić information content (AvgIpc) is 2.47. The van der Waals surface area contributed by atoms with Crippen LogP contribution in [-0.4, -0.2) is 12.2 Å². The summed E-state index contributed by atoms with van der Waals surface area (Å²) in [5, 5.41) is 0. The summed E-state index contributed by atoms with van der Waals surface area (Å²) in [4.78, 5) is 0. The molecule has 0 spiro atoms. The fourth-order valence-corrected chi connectivity index (χ4v) is 2.17. The molecule has 0 N–H and O–H groups in total. The lowest BCUT2D eigenvalue weighted by Crippen LogP contribution is -2.09. The molecular formula is C12H16O. The van der Waals surface area contributed by atoms with Crippen molar-refractivity contribution in [3.63, 3.8) is 0 Å². The van der Waals surface area contributed by atoms with Gasteiger partial charge in [0.25, 0.3) is 0 Å². The fraction of sp³-hybridized carbons (Fsp3) is 0.500. The molecule has 2 rings (SSSR count). The number of benzene rings is 1. The van der Waals surface area contributed by atoms with Gasteiger partial charge in [0.15, 0.2) is 0 Å². The third-order valence-electron chi connectivity index (χ3n) is 2.83. The van der Waals surface area contributed by atoms with Crippen molar-refractivity contribution in [2.24, 2.45) is 0 Å². The summed E-state index contributed by atoms with van der Waals surface area (Å²) in [6, 6.07) is 10.7. The van der Waals surface area contributed by atoms with Crippen LogP contribution in [0.2, 0.25) is 0 Å². The van der Waals surface area contributed by atoms with E-state index in [1.54, 1.807) is 0 Å². The van der Waals surface area contributed by atoms with E-state index >= 15 is 0 Å². The van der Waals surface area contributed by atoms with Crippen LogP contribution in [0.15, 0.2) is 30.3 Å². The second kappa shape index (κ2) is 3.51. The Morgan fingerprint density at radius 2 is 1.85 bits per heavy atom. The fourth-order valence-electron chi connectivity index (χ4n) is 2.17. The molecule has 1 fully saturated rings. The average molecular weight is 176 g/mol. The zero-order valence-corrected chi connectivity index (χ0v) is 8.23. The first kappa shape index (κ1) is 8.76. The van der Waals surface area contributed by atoms with Gasteiger partial charge in [0.05, 0.1) is 12.2 Å². The van der Waals surface area contributed by atoms with Crippen LogP contribution >= 0.6 is 0 Å². The smallest absolute Gasteiger partial charge is 0.0620 e. The summed E-state index contributed by atoms with van der Waals surface area (Å²) in [6.07, 6.45) is 1.95. The molecule has 0 aromatic heterocycles. The van der Waals surface area contributed by atoms with E-state index in [1.807, 2.05) is 0 Å². The monoisotopic (exact) mass is 176 g/mol. The molecule has 1 aliphatic heterocycles. The van der Waals surface area contributed by atoms with Gasteiger partial charge in [-0.05, 0) is 25.8 Å². The largest absolute Gasteiger partial charge is 0.375 e. The highest BCUT2D eigenvalue weighted by Gasteiger charge is 2.30. The van der Waals surface area contributed by atoms with Crippen LogP contribution in [-0.2, 0) is 4.74 Å². The molecule has 70 valence electrons. The van der Waals surface area contributed by atoms with E-state index in [2.05, 4.69) is 44.2 Å². The molecule has 1 aromatic carbocycles. The maximum absolute atomic E-state index is 5.73. The Morgan fingerprint density at radius 3 is 2.38 bits per heavy atom. The van der Waals surface area contributed by atoms with Crippen molar-refractivity contribution >= 4 is 0 Å². The zero-order valence-electron chi connectivity index (χ0n) is 8.23. The maximum atomic E-state index is 5.73. The molecule has 1 heteroatoms. The Morgan fingerprint density at radius 1 is 1.15 bits per heavy atom. The number of hydrogen-bond acceptors (Lipinski definition) is 1. The van der Waals surface area contributed by atoms with Gasteiger partial charge in [-0.3, -0.25) is 0 Å². The molecule has 13 heavy (non-hydrogen) atoms. The minimum Gasteiger partial charge on any atom is -0.375 e. The zero-order chi connectivity index (χ0) is 9.26. The Bertz CT molecular complexity index is 268. The van der Waals surface area contributed by atoms with Crippen molar-refractivity contribution < 1.29 is 4.74 Å². The van der Waals surface area contributed by atoms with Gasteiger partial charge in [0.2, 0.25) is 0 Å². The van der Waals surface area contributed by atoms with Crippen molar-refractivity contribution in [3.05, 3.63) is 35.9 Å². The van der Waals surface area contributed by atoms with Crippen molar-refractivity contribution in [2.45, 2.75) is 38.4 Å². The van der Waals surface area contributed by atoms with Gasteiger partial charge in [-0.15, -0.1) is 0 Å². The van der Waals surface area contributed by atoms with Crippen LogP contribution in [0.1, 0.15) is 31.7 Å². The number of rotatable bonds is 1. The molecule has 1 saturated heterocycles. The molecule has 1 nitrogen and oxygen atoms in total. The van der Waals surface area contributed by atoms with Gasteiger partial charge >= 0.3 is 0 Å². The minimum absolute atomic E-state index is 0.373. The van der Waals surface area contributed by atoms with Gasteiger partial charge in [-0.2, -0.15) is 0 Å². The van der Waals surface area contributed by atoms with Crippen molar-refractivity contribution in [2.75, 3.05) is 0 Å². The second-order valence-corrected chi connectivity index (χ2v) is 3.90. The third kappa shape index (κ3) is 1.75. The lowest BCUT2D eigenvalue weighted by Gasteiger charge is -2.13. The normalized spacial score (nSPS) is 33.5. The molecule has 0 aliphatic carbocycles. The third-order valence-corrected chi connectivity index (χ3v) is 2.83. The molecule has 0 saturated carbocycles. The molecule has 0 radical (unpaired) electrons. The standard InChI is InChI=1S/C12H16O/c1-9-8-12(10(2)13-9)11-6-4-3-5-7-11/h3-7,9-10,12H,8H2,1-2H3/t9-,10-,12+/m1/s1. The van der Waals surface area contributed by atoms with E-state index < -0.39 is 0 Å². The van der Waals surface area contributed by atoms with Gasteiger partial charge in [0, 0.05) is 5.92 Å². The van der Waals surface area contributed by atoms with Crippen LogP contribution in [0.4, 0.5) is 0 Å². The summed E-state index contributed by atoms with van der Waals surface area (Å²) in [7, 11) is 0. The van der Waals surface area contributed by atoms with Crippen LogP contribution < -0.4 is 0 Å². The Hall–Kier alpha value is -0.820. The summed E-state index contributed by atoms with van der Waals surface area (Å²) < 4.78 is 5.73. The molecule has 1 aliphatic rings. The SMILES string of the molecule is C[C@@H]1C[C@H](c2ccccc2)[C@@H](C)O1. The Kier molecular flexibility index (Phi) is 2.36. The minimum atomic E-state index is 0.373. The van der Waals surface area contributed by atoms with Crippen molar-refractivity contribution in [1.82, 2.24) is 0 Å². The molecule has 0 unspecified atom stereocenters. The van der Waals surface area contributed by atoms with Crippen molar-refractivity contribution in [1.29, 1.82) is 0 Å². The molecular weight excluding hydrogens is 160 g/mol. The number of hydrogen-bond donors (Lipinski definition) is 0. The predicted octanol–water partition coefficient (Wildman–Crippen LogP) is 2.97. The molecule has 3 atom stereocenters. The first-order valence-corrected chi connectivity index (χ1v) is 4.98. The first-order valence-electron chi connectivity index (χ1n) is 4.98. The second-order valence-electron chi connectivity index (χ2n) is 3.90. The summed E-state index contributed by atoms with van der Waals surface area (Å²) >= 11 is 0. The Balaban J connectivity index is 2.18. The van der Waals surface area contributed by atoms with Crippen LogP contribution in [0.3, 0.4) is 0 Å². The summed E-state index contributed by atoms with van der Waals surface area (Å²) in [5.74, 6) is 0.594. The molecule has 0 bridgehead atoms. The van der Waals surface area contributed by atoms with Crippen LogP contribution in [0, 0.1) is 0 Å². The van der Waals surface area contributed by atoms with Crippen LogP contribution in [0.25, 0.3) is 0 Å². The van der Waals surface area contributed by atoms with E-state index in [4.69, 9.17) is 4.74 Å².